The van der Waals surface area contributed by atoms with Crippen LogP contribution in [0.3, 0.4) is 0 Å². The molecule has 7 rings (SSSR count). The van der Waals surface area contributed by atoms with E-state index in [1.807, 2.05) is 0 Å². The number of ether oxygens (including phenoxy) is 2. The third-order valence-electron chi connectivity index (χ3n) is 9.34. The van der Waals surface area contributed by atoms with E-state index in [1.54, 1.807) is 0 Å². The smallest absolute Gasteiger partial charge is 0.253 e. The largest absolute Gasteiger partial charge is 0.473 e. The van der Waals surface area contributed by atoms with Gasteiger partial charge in [-0.25, -0.2) is 0 Å². The van der Waals surface area contributed by atoms with E-state index < -0.39 is 0 Å². The van der Waals surface area contributed by atoms with Crippen molar-refractivity contribution in [3.63, 3.8) is 0 Å². The Kier molecular flexibility index (Phi) is 5.66. The molecule has 0 amide bonds. The topological polar surface area (TPSA) is 24.9 Å². The number of nitrogens with zero attached hydrogens (tertiary/aromatic N) is 2. The molecule has 0 bridgehead atoms. The van der Waals surface area contributed by atoms with Crippen LogP contribution in [0.4, 0.5) is 0 Å². The van der Waals surface area contributed by atoms with Gasteiger partial charge in [-0.1, -0.05) is 121 Å². The van der Waals surface area contributed by atoms with E-state index in [9.17, 15) is 0 Å². The van der Waals surface area contributed by atoms with Gasteiger partial charge in [0, 0.05) is 10.8 Å². The van der Waals surface area contributed by atoms with Gasteiger partial charge in [-0.15, -0.1) is 0 Å². The molecule has 0 aromatic heterocycles. The van der Waals surface area contributed by atoms with Crippen molar-refractivity contribution in [1.82, 2.24) is 9.80 Å². The van der Waals surface area contributed by atoms with Gasteiger partial charge in [-0.05, 0) is 36.1 Å². The van der Waals surface area contributed by atoms with Crippen molar-refractivity contribution < 1.29 is 9.47 Å². The molecule has 4 nitrogen and oxygen atoms in total. The summed E-state index contributed by atoms with van der Waals surface area (Å²) in [4.78, 5) is 4.88. The standard InChI is InChI=1S/C35H34N2O2/c1-34(26-15-7-3-8-16-26,27-17-9-4-10-18-27)30-23-38-32-33-37(25-36(30)32)31(24-39-33)35(2,28-19-11-5-12-20-28)29-21-13-6-14-22-29/h3-22,30-31H,23-25H2,1-2H3/t30-,31-/m1/s1. The van der Waals surface area contributed by atoms with Gasteiger partial charge >= 0.3 is 0 Å². The van der Waals surface area contributed by atoms with Gasteiger partial charge in [0.1, 0.15) is 13.2 Å². The fourth-order valence-corrected chi connectivity index (χ4v) is 7.00. The van der Waals surface area contributed by atoms with E-state index in [0.717, 1.165) is 18.4 Å². The first kappa shape index (κ1) is 23.9. The Hall–Kier alpha value is -4.18. The van der Waals surface area contributed by atoms with E-state index in [2.05, 4.69) is 145 Å². The molecule has 196 valence electrons. The lowest BCUT2D eigenvalue weighted by molar-refractivity contribution is 0.141. The summed E-state index contributed by atoms with van der Waals surface area (Å²) < 4.78 is 13.0. The van der Waals surface area contributed by atoms with Crippen LogP contribution in [0.1, 0.15) is 36.1 Å². The zero-order valence-electron chi connectivity index (χ0n) is 22.5. The summed E-state index contributed by atoms with van der Waals surface area (Å²) in [5, 5.41) is 0. The fraction of sp³-hybridized carbons (Fsp3) is 0.257. The summed E-state index contributed by atoms with van der Waals surface area (Å²) in [5.41, 5.74) is 4.64. The van der Waals surface area contributed by atoms with Crippen molar-refractivity contribution in [3.05, 3.63) is 155 Å². The number of rotatable bonds is 6. The number of benzene rings is 4. The predicted molar refractivity (Wildman–Crippen MR) is 154 cm³/mol. The van der Waals surface area contributed by atoms with Gasteiger partial charge in [0.05, 0.1) is 18.8 Å². The quantitative estimate of drug-likeness (QED) is 0.293. The van der Waals surface area contributed by atoms with Gasteiger partial charge in [0.25, 0.3) is 11.8 Å². The first-order valence-corrected chi connectivity index (χ1v) is 13.9. The number of hydrogen-bond donors (Lipinski definition) is 0. The first-order valence-electron chi connectivity index (χ1n) is 13.9. The van der Waals surface area contributed by atoms with Crippen LogP contribution >= 0.6 is 0 Å². The summed E-state index contributed by atoms with van der Waals surface area (Å²) in [6, 6.07) is 43.7. The van der Waals surface area contributed by atoms with E-state index in [4.69, 9.17) is 9.47 Å². The van der Waals surface area contributed by atoms with Crippen molar-refractivity contribution in [3.8, 4) is 0 Å². The minimum atomic E-state index is -0.262. The molecule has 2 fully saturated rings. The molecule has 3 aliphatic heterocycles. The molecule has 4 heteroatoms. The van der Waals surface area contributed by atoms with Crippen molar-refractivity contribution in [2.45, 2.75) is 36.8 Å². The Morgan fingerprint density at radius 2 is 0.769 bits per heavy atom. The zero-order chi connectivity index (χ0) is 26.5. The highest BCUT2D eigenvalue weighted by Gasteiger charge is 2.56. The highest BCUT2D eigenvalue weighted by Crippen LogP contribution is 2.49. The second kappa shape index (κ2) is 9.23. The number of fused-ring (bicyclic) bond motifs is 2. The molecule has 3 heterocycles. The van der Waals surface area contributed by atoms with Crippen molar-refractivity contribution >= 4 is 0 Å². The van der Waals surface area contributed by atoms with Crippen LogP contribution in [0, 0.1) is 0 Å². The molecule has 0 aliphatic carbocycles. The van der Waals surface area contributed by atoms with Crippen LogP contribution < -0.4 is 0 Å². The van der Waals surface area contributed by atoms with Gasteiger partial charge in [-0.2, -0.15) is 0 Å². The maximum Gasteiger partial charge on any atom is 0.253 e. The highest BCUT2D eigenvalue weighted by atomic mass is 16.6. The van der Waals surface area contributed by atoms with Crippen molar-refractivity contribution in [2.75, 3.05) is 19.9 Å². The average Bonchev–Trinajstić information content (AvgIpc) is 3.71. The summed E-state index contributed by atoms with van der Waals surface area (Å²) in [7, 11) is 0. The maximum atomic E-state index is 6.50. The lowest BCUT2D eigenvalue weighted by Crippen LogP contribution is -2.52. The van der Waals surface area contributed by atoms with E-state index >= 15 is 0 Å². The van der Waals surface area contributed by atoms with Crippen LogP contribution in [0.2, 0.25) is 0 Å². The van der Waals surface area contributed by atoms with Gasteiger partial charge in [-0.3, -0.25) is 0 Å². The first-order chi connectivity index (χ1) is 19.1. The van der Waals surface area contributed by atoms with Gasteiger partial charge in [0.15, 0.2) is 0 Å². The molecule has 39 heavy (non-hydrogen) atoms. The van der Waals surface area contributed by atoms with Crippen LogP contribution in [0.15, 0.2) is 133 Å². The molecule has 3 aliphatic rings. The molecule has 0 unspecified atom stereocenters. The normalized spacial score (nSPS) is 20.5. The second-order valence-corrected chi connectivity index (χ2v) is 11.2. The Morgan fingerprint density at radius 3 is 1.05 bits per heavy atom. The van der Waals surface area contributed by atoms with E-state index in [-0.39, 0.29) is 22.9 Å². The van der Waals surface area contributed by atoms with Gasteiger partial charge < -0.3 is 19.3 Å². The monoisotopic (exact) mass is 514 g/mol. The van der Waals surface area contributed by atoms with Crippen LogP contribution in [0.5, 0.6) is 0 Å². The zero-order valence-corrected chi connectivity index (χ0v) is 22.5. The van der Waals surface area contributed by atoms with E-state index in [0.29, 0.717) is 13.2 Å². The molecule has 0 radical (unpaired) electrons. The van der Waals surface area contributed by atoms with E-state index in [1.165, 1.54) is 22.3 Å². The molecular weight excluding hydrogens is 480 g/mol. The van der Waals surface area contributed by atoms with Crippen LogP contribution in [0.25, 0.3) is 0 Å². The molecule has 0 spiro atoms. The Labute approximate surface area is 231 Å². The fourth-order valence-electron chi connectivity index (χ4n) is 7.00. The lowest BCUT2D eigenvalue weighted by Gasteiger charge is -2.42. The molecule has 4 aromatic carbocycles. The SMILES string of the molecule is CC(c1ccccc1)(c1ccccc1)[C@H]1COC2=C3OC[C@H](C(C)(c4ccccc4)c4ccccc4)N3CN21. The van der Waals surface area contributed by atoms with Crippen LogP contribution in [-0.2, 0) is 20.3 Å². The number of hydrogen-bond acceptors (Lipinski definition) is 4. The third-order valence-corrected chi connectivity index (χ3v) is 9.34. The summed E-state index contributed by atoms with van der Waals surface area (Å²) in [6.45, 7) is 6.70. The summed E-state index contributed by atoms with van der Waals surface area (Å²) in [5.74, 6) is 1.76. The van der Waals surface area contributed by atoms with Crippen LogP contribution in [-0.4, -0.2) is 41.8 Å². The molecule has 0 N–H and O–H groups in total. The molecule has 2 atom stereocenters. The minimum Gasteiger partial charge on any atom is -0.473 e. The summed E-state index contributed by atoms with van der Waals surface area (Å²) in [6.07, 6.45) is 0. The molecule has 0 saturated carbocycles. The lowest BCUT2D eigenvalue weighted by atomic mass is 9.70. The van der Waals surface area contributed by atoms with Crippen molar-refractivity contribution in [2.24, 2.45) is 0 Å². The third kappa shape index (κ3) is 3.58. The summed E-state index contributed by atoms with van der Waals surface area (Å²) >= 11 is 0. The maximum absolute atomic E-state index is 6.50. The van der Waals surface area contributed by atoms with Gasteiger partial charge in [0.2, 0.25) is 0 Å². The molecular formula is C35H34N2O2. The minimum absolute atomic E-state index is 0.124. The second-order valence-electron chi connectivity index (χ2n) is 11.2. The highest BCUT2D eigenvalue weighted by molar-refractivity contribution is 5.44. The molecule has 4 aromatic rings. The Morgan fingerprint density at radius 1 is 0.487 bits per heavy atom. The Balaban J connectivity index is 1.29. The predicted octanol–water partition coefficient (Wildman–Crippen LogP) is 6.50. The molecule has 2 saturated heterocycles. The Bertz CT molecular complexity index is 1280. The average molecular weight is 515 g/mol. The van der Waals surface area contributed by atoms with Crippen molar-refractivity contribution in [1.29, 1.82) is 0 Å².